The molecule has 7 nitrogen and oxygen atoms in total. The molecule has 0 saturated carbocycles. The molecular formula is C30H28N2O5. The van der Waals surface area contributed by atoms with Crippen LogP contribution < -0.4 is 14.8 Å². The van der Waals surface area contributed by atoms with Crippen LogP contribution in [-0.2, 0) is 4.79 Å². The van der Waals surface area contributed by atoms with Crippen LogP contribution in [0, 0.1) is 20.8 Å². The van der Waals surface area contributed by atoms with Crippen molar-refractivity contribution in [3.8, 4) is 11.5 Å². The van der Waals surface area contributed by atoms with Crippen LogP contribution in [0.4, 0.5) is 5.69 Å². The molecule has 0 aliphatic heterocycles. The second-order valence-corrected chi connectivity index (χ2v) is 8.77. The number of hydrogen-bond acceptors (Lipinski definition) is 5. The molecule has 2 N–H and O–H groups in total. The summed E-state index contributed by atoms with van der Waals surface area (Å²) in [7, 11) is 1.53. The number of fused-ring (bicyclic) bond motifs is 1. The summed E-state index contributed by atoms with van der Waals surface area (Å²) in [6.07, 6.45) is 3.55. The van der Waals surface area contributed by atoms with Gasteiger partial charge in [-0.2, -0.15) is 0 Å². The van der Waals surface area contributed by atoms with E-state index in [9.17, 15) is 14.7 Å². The van der Waals surface area contributed by atoms with Gasteiger partial charge >= 0.3 is 5.97 Å². The Morgan fingerprint density at radius 2 is 1.68 bits per heavy atom. The summed E-state index contributed by atoms with van der Waals surface area (Å²) in [5.41, 5.74) is 6.05. The minimum atomic E-state index is -1.01. The van der Waals surface area contributed by atoms with Gasteiger partial charge in [0, 0.05) is 11.1 Å². The van der Waals surface area contributed by atoms with E-state index in [1.807, 2.05) is 51.1 Å². The fourth-order valence-corrected chi connectivity index (χ4v) is 4.24. The van der Waals surface area contributed by atoms with Crippen molar-refractivity contribution in [1.82, 2.24) is 4.98 Å². The maximum absolute atomic E-state index is 12.5. The zero-order valence-corrected chi connectivity index (χ0v) is 21.2. The summed E-state index contributed by atoms with van der Waals surface area (Å²) < 4.78 is 11.2. The van der Waals surface area contributed by atoms with E-state index >= 15 is 0 Å². The number of para-hydroxylation sites is 1. The zero-order chi connectivity index (χ0) is 26.5. The summed E-state index contributed by atoms with van der Waals surface area (Å²) >= 11 is 0. The van der Waals surface area contributed by atoms with Crippen LogP contribution in [0.5, 0.6) is 11.5 Å². The Balaban J connectivity index is 1.48. The molecule has 1 heterocycles. The molecule has 1 amide bonds. The molecule has 0 fully saturated rings. The average molecular weight is 497 g/mol. The number of carbonyl (C=O) groups is 2. The Kier molecular flexibility index (Phi) is 7.53. The predicted octanol–water partition coefficient (Wildman–Crippen LogP) is 6.05. The van der Waals surface area contributed by atoms with Crippen LogP contribution in [0.3, 0.4) is 0 Å². The van der Waals surface area contributed by atoms with Gasteiger partial charge in [-0.15, -0.1) is 0 Å². The lowest BCUT2D eigenvalue weighted by molar-refractivity contribution is -0.118. The average Bonchev–Trinajstić information content (AvgIpc) is 2.87. The van der Waals surface area contributed by atoms with Crippen molar-refractivity contribution < 1.29 is 24.2 Å². The van der Waals surface area contributed by atoms with E-state index in [4.69, 9.17) is 9.47 Å². The molecule has 0 bridgehead atoms. The monoisotopic (exact) mass is 496 g/mol. The highest BCUT2D eigenvalue weighted by atomic mass is 16.5. The standard InChI is InChI=1S/C30H28N2O5/c1-18-13-19(2)29(20(3)14-18)32-28(33)17-37-26-12-10-21(15-27(26)36-4)9-11-22-16-24(30(34)35)23-7-5-6-8-25(23)31-22/h5-16H,17H2,1-4H3,(H,32,33)(H,34,35). The molecule has 188 valence electrons. The maximum atomic E-state index is 12.5. The first-order valence-corrected chi connectivity index (χ1v) is 11.7. The van der Waals surface area contributed by atoms with Crippen LogP contribution in [0.1, 0.15) is 38.3 Å². The smallest absolute Gasteiger partial charge is 0.336 e. The number of carboxylic acid groups (broad SMARTS) is 1. The number of aryl methyl sites for hydroxylation is 3. The molecule has 0 aliphatic carbocycles. The van der Waals surface area contributed by atoms with Crippen LogP contribution in [0.25, 0.3) is 23.1 Å². The lowest BCUT2D eigenvalue weighted by atomic mass is 10.1. The molecule has 4 rings (SSSR count). The normalized spacial score (nSPS) is 11.0. The Bertz CT molecular complexity index is 1500. The number of anilines is 1. The number of nitrogens with one attached hydrogen (secondary N) is 1. The summed E-state index contributed by atoms with van der Waals surface area (Å²) in [5, 5.41) is 13.1. The number of benzene rings is 3. The highest BCUT2D eigenvalue weighted by Gasteiger charge is 2.13. The number of ether oxygens (including phenoxy) is 2. The minimum absolute atomic E-state index is 0.169. The van der Waals surface area contributed by atoms with Crippen molar-refractivity contribution in [2.24, 2.45) is 0 Å². The van der Waals surface area contributed by atoms with Crippen LogP contribution >= 0.6 is 0 Å². The first-order chi connectivity index (χ1) is 17.7. The number of methoxy groups -OCH3 is 1. The van der Waals surface area contributed by atoms with Crippen molar-refractivity contribution in [2.75, 3.05) is 19.0 Å². The summed E-state index contributed by atoms with van der Waals surface area (Å²) in [5.74, 6) is -0.370. The lowest BCUT2D eigenvalue weighted by Gasteiger charge is -2.14. The van der Waals surface area contributed by atoms with Gasteiger partial charge in [0.2, 0.25) is 0 Å². The number of pyridine rings is 1. The van der Waals surface area contributed by atoms with Gasteiger partial charge in [0.1, 0.15) is 0 Å². The van der Waals surface area contributed by atoms with Crippen molar-refractivity contribution in [3.63, 3.8) is 0 Å². The van der Waals surface area contributed by atoms with Crippen molar-refractivity contribution in [2.45, 2.75) is 20.8 Å². The molecule has 3 aromatic carbocycles. The van der Waals surface area contributed by atoms with E-state index in [-0.39, 0.29) is 18.1 Å². The minimum Gasteiger partial charge on any atom is -0.493 e. The molecule has 1 aromatic heterocycles. The Morgan fingerprint density at radius 3 is 2.38 bits per heavy atom. The lowest BCUT2D eigenvalue weighted by Crippen LogP contribution is -2.21. The summed E-state index contributed by atoms with van der Waals surface area (Å²) in [6, 6.07) is 18.0. The van der Waals surface area contributed by atoms with Gasteiger partial charge in [-0.3, -0.25) is 4.79 Å². The van der Waals surface area contributed by atoms with Crippen molar-refractivity contribution in [3.05, 3.63) is 94.2 Å². The van der Waals surface area contributed by atoms with Crippen LogP contribution in [-0.4, -0.2) is 35.7 Å². The molecule has 0 atom stereocenters. The number of hydrogen-bond donors (Lipinski definition) is 2. The van der Waals surface area contributed by atoms with Gasteiger partial charge in [-0.05, 0) is 67.8 Å². The molecule has 37 heavy (non-hydrogen) atoms. The Labute approximate surface area is 215 Å². The summed E-state index contributed by atoms with van der Waals surface area (Å²) in [6.45, 7) is 5.77. The molecular weight excluding hydrogens is 468 g/mol. The molecule has 0 spiro atoms. The number of nitrogens with zero attached hydrogens (tertiary/aromatic N) is 1. The number of carboxylic acids is 1. The zero-order valence-electron chi connectivity index (χ0n) is 21.2. The third-order valence-corrected chi connectivity index (χ3v) is 5.90. The number of amides is 1. The predicted molar refractivity (Wildman–Crippen MR) is 145 cm³/mol. The van der Waals surface area contributed by atoms with E-state index in [1.54, 1.807) is 42.5 Å². The second kappa shape index (κ2) is 11.0. The van der Waals surface area contributed by atoms with E-state index in [1.165, 1.54) is 7.11 Å². The first kappa shape index (κ1) is 25.4. The van der Waals surface area contributed by atoms with Gasteiger partial charge in [0.25, 0.3) is 5.91 Å². The maximum Gasteiger partial charge on any atom is 0.336 e. The largest absolute Gasteiger partial charge is 0.493 e. The quantitative estimate of drug-likeness (QED) is 0.308. The first-order valence-electron chi connectivity index (χ1n) is 11.7. The van der Waals surface area contributed by atoms with Crippen LogP contribution in [0.15, 0.2) is 60.7 Å². The Hall–Kier alpha value is -4.65. The third kappa shape index (κ3) is 5.95. The van der Waals surface area contributed by atoms with Gasteiger partial charge in [-0.1, -0.05) is 48.0 Å². The number of aromatic carboxylic acids is 1. The van der Waals surface area contributed by atoms with Gasteiger partial charge < -0.3 is 19.9 Å². The molecule has 0 saturated heterocycles. The van der Waals surface area contributed by atoms with E-state index < -0.39 is 5.97 Å². The topological polar surface area (TPSA) is 97.8 Å². The SMILES string of the molecule is COc1cc(C=Cc2cc(C(=O)O)c3ccccc3n2)ccc1OCC(=O)Nc1c(C)cc(C)cc1C. The van der Waals surface area contributed by atoms with E-state index in [2.05, 4.69) is 10.3 Å². The third-order valence-electron chi connectivity index (χ3n) is 5.90. The van der Waals surface area contributed by atoms with E-state index in [0.29, 0.717) is 28.1 Å². The molecule has 4 aromatic rings. The molecule has 0 radical (unpaired) electrons. The fraction of sp³-hybridized carbons (Fsp3) is 0.167. The summed E-state index contributed by atoms with van der Waals surface area (Å²) in [4.78, 5) is 28.8. The fourth-order valence-electron chi connectivity index (χ4n) is 4.24. The second-order valence-electron chi connectivity index (χ2n) is 8.77. The molecule has 7 heteroatoms. The van der Waals surface area contributed by atoms with Crippen molar-refractivity contribution >= 4 is 40.6 Å². The number of rotatable bonds is 8. The van der Waals surface area contributed by atoms with Gasteiger partial charge in [0.15, 0.2) is 18.1 Å². The highest BCUT2D eigenvalue weighted by molar-refractivity contribution is 6.03. The van der Waals surface area contributed by atoms with Gasteiger partial charge in [0.05, 0.1) is 23.9 Å². The Morgan fingerprint density at radius 1 is 0.946 bits per heavy atom. The number of aromatic nitrogens is 1. The van der Waals surface area contributed by atoms with Crippen LogP contribution in [0.2, 0.25) is 0 Å². The molecule has 0 unspecified atom stereocenters. The highest BCUT2D eigenvalue weighted by Crippen LogP contribution is 2.29. The molecule has 0 aliphatic rings. The number of carbonyl (C=O) groups excluding carboxylic acids is 1. The van der Waals surface area contributed by atoms with Crippen molar-refractivity contribution in [1.29, 1.82) is 0 Å². The van der Waals surface area contributed by atoms with E-state index in [0.717, 1.165) is 27.9 Å². The van der Waals surface area contributed by atoms with Gasteiger partial charge in [-0.25, -0.2) is 9.78 Å².